The van der Waals surface area contributed by atoms with Crippen molar-refractivity contribution in [1.29, 1.82) is 0 Å². The van der Waals surface area contributed by atoms with E-state index in [1.54, 1.807) is 28.0 Å². The van der Waals surface area contributed by atoms with Crippen LogP contribution in [0.4, 0.5) is 4.79 Å². The van der Waals surface area contributed by atoms with Gasteiger partial charge in [0.2, 0.25) is 0 Å². The highest BCUT2D eigenvalue weighted by atomic mass is 16.5. The van der Waals surface area contributed by atoms with E-state index in [1.807, 2.05) is 24.3 Å². The molecule has 0 spiro atoms. The highest BCUT2D eigenvalue weighted by molar-refractivity contribution is 5.82. The number of methoxy groups -OCH3 is 1. The van der Waals surface area contributed by atoms with Crippen molar-refractivity contribution in [2.24, 2.45) is 5.92 Å². The van der Waals surface area contributed by atoms with Gasteiger partial charge in [0.1, 0.15) is 11.8 Å². The lowest BCUT2D eigenvalue weighted by Gasteiger charge is -2.23. The number of carbonyl (C=O) groups excluding carboxylic acids is 1. The number of amides is 2. The summed E-state index contributed by atoms with van der Waals surface area (Å²) in [4.78, 5) is 24.5. The van der Waals surface area contributed by atoms with Crippen molar-refractivity contribution in [2.45, 2.75) is 26.4 Å². The average Bonchev–Trinajstić information content (AvgIpc) is 2.44. The Bertz CT molecular complexity index is 485. The first-order chi connectivity index (χ1) is 9.85. The molecule has 1 atom stereocenters. The van der Waals surface area contributed by atoms with Crippen LogP contribution in [0.1, 0.15) is 19.4 Å². The van der Waals surface area contributed by atoms with Crippen LogP contribution < -0.4 is 10.1 Å². The van der Waals surface area contributed by atoms with Crippen LogP contribution in [0.2, 0.25) is 0 Å². The third-order valence-corrected chi connectivity index (χ3v) is 3.14. The molecule has 0 saturated heterocycles. The van der Waals surface area contributed by atoms with E-state index in [0.717, 1.165) is 11.3 Å². The highest BCUT2D eigenvalue weighted by Gasteiger charge is 2.24. The summed E-state index contributed by atoms with van der Waals surface area (Å²) in [6.07, 6.45) is 0. The zero-order valence-electron chi connectivity index (χ0n) is 12.8. The Hall–Kier alpha value is -2.24. The number of carboxylic acids is 1. The monoisotopic (exact) mass is 294 g/mol. The molecule has 1 rings (SSSR count). The standard InChI is InChI=1S/C15H22N2O4/c1-10(2)13(14(18)19)16-15(20)17(3)9-11-5-7-12(21-4)8-6-11/h5-8,10,13H,9H2,1-4H3,(H,16,20)(H,18,19). The summed E-state index contributed by atoms with van der Waals surface area (Å²) in [5.41, 5.74) is 0.935. The Morgan fingerprint density at radius 1 is 1.29 bits per heavy atom. The van der Waals surface area contributed by atoms with Crippen LogP contribution >= 0.6 is 0 Å². The zero-order chi connectivity index (χ0) is 16.0. The molecule has 0 fully saturated rings. The van der Waals surface area contributed by atoms with E-state index in [4.69, 9.17) is 9.84 Å². The van der Waals surface area contributed by atoms with Crippen molar-refractivity contribution in [3.05, 3.63) is 29.8 Å². The number of nitrogens with one attached hydrogen (secondary N) is 1. The van der Waals surface area contributed by atoms with Crippen molar-refractivity contribution in [3.8, 4) is 5.75 Å². The van der Waals surface area contributed by atoms with Crippen LogP contribution in [0, 0.1) is 5.92 Å². The van der Waals surface area contributed by atoms with Gasteiger partial charge < -0.3 is 20.1 Å². The Balaban J connectivity index is 2.63. The minimum absolute atomic E-state index is 0.180. The quantitative estimate of drug-likeness (QED) is 0.840. The molecule has 0 saturated carbocycles. The molecule has 6 heteroatoms. The number of urea groups is 1. The average molecular weight is 294 g/mol. The van der Waals surface area contributed by atoms with Gasteiger partial charge in [0.25, 0.3) is 0 Å². The van der Waals surface area contributed by atoms with Crippen molar-refractivity contribution in [1.82, 2.24) is 10.2 Å². The first kappa shape index (κ1) is 16.8. The second-order valence-corrected chi connectivity index (χ2v) is 5.21. The Morgan fingerprint density at radius 2 is 1.86 bits per heavy atom. The summed E-state index contributed by atoms with van der Waals surface area (Å²) in [6, 6.07) is 6.05. The minimum atomic E-state index is -1.03. The minimum Gasteiger partial charge on any atom is -0.497 e. The largest absolute Gasteiger partial charge is 0.497 e. The van der Waals surface area contributed by atoms with E-state index >= 15 is 0 Å². The summed E-state index contributed by atoms with van der Waals surface area (Å²) in [6.45, 7) is 3.89. The summed E-state index contributed by atoms with van der Waals surface area (Å²) < 4.78 is 5.07. The maximum Gasteiger partial charge on any atom is 0.326 e. The van der Waals surface area contributed by atoms with Crippen molar-refractivity contribution in [2.75, 3.05) is 14.2 Å². The molecule has 21 heavy (non-hydrogen) atoms. The van der Waals surface area contributed by atoms with Gasteiger partial charge in [-0.2, -0.15) is 0 Å². The fourth-order valence-corrected chi connectivity index (χ4v) is 1.83. The smallest absolute Gasteiger partial charge is 0.326 e. The molecule has 0 bridgehead atoms. The molecule has 0 aliphatic rings. The van der Waals surface area contributed by atoms with Gasteiger partial charge in [0, 0.05) is 13.6 Å². The van der Waals surface area contributed by atoms with Crippen molar-refractivity contribution < 1.29 is 19.4 Å². The first-order valence-corrected chi connectivity index (χ1v) is 6.72. The van der Waals surface area contributed by atoms with Crippen LogP contribution in [-0.2, 0) is 11.3 Å². The third-order valence-electron chi connectivity index (χ3n) is 3.14. The summed E-state index contributed by atoms with van der Waals surface area (Å²) >= 11 is 0. The van der Waals surface area contributed by atoms with E-state index in [0.29, 0.717) is 6.54 Å². The lowest BCUT2D eigenvalue weighted by molar-refractivity contribution is -0.140. The highest BCUT2D eigenvalue weighted by Crippen LogP contribution is 2.12. The predicted molar refractivity (Wildman–Crippen MR) is 79.3 cm³/mol. The number of carbonyl (C=O) groups is 2. The second-order valence-electron chi connectivity index (χ2n) is 5.21. The molecule has 0 aliphatic carbocycles. The predicted octanol–water partition coefficient (Wildman–Crippen LogP) is 1.95. The maximum atomic E-state index is 12.0. The van der Waals surface area contributed by atoms with E-state index in [-0.39, 0.29) is 5.92 Å². The number of hydrogen-bond donors (Lipinski definition) is 2. The molecular formula is C15H22N2O4. The lowest BCUT2D eigenvalue weighted by Crippen LogP contribution is -2.48. The van der Waals surface area contributed by atoms with Crippen LogP contribution in [0.25, 0.3) is 0 Å². The SMILES string of the molecule is COc1ccc(CN(C)C(=O)NC(C(=O)O)C(C)C)cc1. The molecule has 1 aromatic carbocycles. The van der Waals surface area contributed by atoms with Crippen molar-refractivity contribution >= 4 is 12.0 Å². The van der Waals surface area contributed by atoms with E-state index < -0.39 is 18.0 Å². The topological polar surface area (TPSA) is 78.9 Å². The fourth-order valence-electron chi connectivity index (χ4n) is 1.83. The summed E-state index contributed by atoms with van der Waals surface area (Å²) in [5, 5.41) is 11.6. The molecule has 0 radical (unpaired) electrons. The van der Waals surface area contributed by atoms with Gasteiger partial charge >= 0.3 is 12.0 Å². The van der Waals surface area contributed by atoms with Gasteiger partial charge in [0.15, 0.2) is 0 Å². The fraction of sp³-hybridized carbons (Fsp3) is 0.467. The molecule has 2 amide bonds. The molecule has 1 aromatic rings. The molecule has 0 aliphatic heterocycles. The molecule has 1 unspecified atom stereocenters. The van der Waals surface area contributed by atoms with Gasteiger partial charge in [-0.3, -0.25) is 0 Å². The molecular weight excluding hydrogens is 272 g/mol. The van der Waals surface area contributed by atoms with Gasteiger partial charge in [-0.05, 0) is 23.6 Å². The van der Waals surface area contributed by atoms with Crippen LogP contribution in [0.15, 0.2) is 24.3 Å². The van der Waals surface area contributed by atoms with Gasteiger partial charge in [-0.15, -0.1) is 0 Å². The Labute approximate surface area is 124 Å². The zero-order valence-corrected chi connectivity index (χ0v) is 12.8. The van der Waals surface area contributed by atoms with E-state index in [9.17, 15) is 9.59 Å². The number of benzene rings is 1. The van der Waals surface area contributed by atoms with Crippen molar-refractivity contribution in [3.63, 3.8) is 0 Å². The van der Waals surface area contributed by atoms with Crippen LogP contribution in [0.5, 0.6) is 5.75 Å². The van der Waals surface area contributed by atoms with Gasteiger partial charge in [-0.25, -0.2) is 9.59 Å². The van der Waals surface area contributed by atoms with E-state index in [1.165, 1.54) is 4.90 Å². The van der Waals surface area contributed by atoms with Crippen LogP contribution in [0.3, 0.4) is 0 Å². The number of ether oxygens (including phenoxy) is 1. The molecule has 6 nitrogen and oxygen atoms in total. The first-order valence-electron chi connectivity index (χ1n) is 6.72. The van der Waals surface area contributed by atoms with E-state index in [2.05, 4.69) is 5.32 Å². The molecule has 0 heterocycles. The Kier molecular flexibility index (Phi) is 6.02. The second kappa shape index (κ2) is 7.52. The Morgan fingerprint density at radius 3 is 2.29 bits per heavy atom. The molecule has 2 N–H and O–H groups in total. The number of nitrogens with zero attached hydrogens (tertiary/aromatic N) is 1. The lowest BCUT2D eigenvalue weighted by atomic mass is 10.1. The van der Waals surface area contributed by atoms with Gasteiger partial charge in [0.05, 0.1) is 7.11 Å². The number of carboxylic acid groups (broad SMARTS) is 1. The maximum absolute atomic E-state index is 12.0. The number of aliphatic carboxylic acids is 1. The molecule has 0 aromatic heterocycles. The third kappa shape index (κ3) is 4.98. The van der Waals surface area contributed by atoms with Crippen LogP contribution in [-0.4, -0.2) is 42.2 Å². The molecule has 116 valence electrons. The van der Waals surface area contributed by atoms with Gasteiger partial charge in [-0.1, -0.05) is 26.0 Å². The number of hydrogen-bond acceptors (Lipinski definition) is 3. The summed E-state index contributed by atoms with van der Waals surface area (Å²) in [7, 11) is 3.21. The normalized spacial score (nSPS) is 11.9. The number of rotatable bonds is 6. The summed E-state index contributed by atoms with van der Waals surface area (Å²) in [5.74, 6) is -0.464.